The van der Waals surface area contributed by atoms with Gasteiger partial charge in [-0.3, -0.25) is 0 Å². The SMILES string of the molecule is CC1(C)CCC(C)(C)C2CC(c3nccc(N4CCN(C(=O)O)CC4)n3)CCC21. The molecule has 0 radical (unpaired) electrons. The van der Waals surface area contributed by atoms with Crippen LogP contribution in [0.2, 0.25) is 0 Å². The summed E-state index contributed by atoms with van der Waals surface area (Å²) in [7, 11) is 0. The van der Waals surface area contributed by atoms with Crippen LogP contribution in [0.5, 0.6) is 0 Å². The zero-order chi connectivity index (χ0) is 20.8. The number of hydrogen-bond acceptors (Lipinski definition) is 4. The Balaban J connectivity index is 1.49. The van der Waals surface area contributed by atoms with Gasteiger partial charge in [0.2, 0.25) is 0 Å². The smallest absolute Gasteiger partial charge is 0.407 e. The second-order valence-corrected chi connectivity index (χ2v) is 10.7. The Morgan fingerprint density at radius 1 is 1.03 bits per heavy atom. The average molecular weight is 401 g/mol. The summed E-state index contributed by atoms with van der Waals surface area (Å²) in [6.07, 6.45) is 7.35. The van der Waals surface area contributed by atoms with Crippen molar-refractivity contribution in [2.24, 2.45) is 22.7 Å². The highest BCUT2D eigenvalue weighted by Gasteiger charge is 2.50. The molecule has 2 aliphatic carbocycles. The summed E-state index contributed by atoms with van der Waals surface area (Å²) in [4.78, 5) is 24.5. The Morgan fingerprint density at radius 3 is 2.34 bits per heavy atom. The number of amides is 1. The fourth-order valence-corrected chi connectivity index (χ4v) is 6.08. The lowest BCUT2D eigenvalue weighted by molar-refractivity contribution is -0.0505. The first kappa shape index (κ1) is 20.4. The fourth-order valence-electron chi connectivity index (χ4n) is 6.08. The second-order valence-electron chi connectivity index (χ2n) is 10.7. The molecular formula is C23H36N4O2. The molecule has 1 aromatic heterocycles. The molecule has 1 amide bonds. The minimum atomic E-state index is -0.831. The number of piperazine rings is 1. The molecule has 3 aliphatic rings. The van der Waals surface area contributed by atoms with Crippen molar-refractivity contribution >= 4 is 11.9 Å². The molecule has 2 heterocycles. The van der Waals surface area contributed by atoms with Crippen LogP contribution in [0.3, 0.4) is 0 Å². The van der Waals surface area contributed by atoms with Gasteiger partial charge in [0.05, 0.1) is 0 Å². The van der Waals surface area contributed by atoms with E-state index in [1.807, 2.05) is 12.3 Å². The van der Waals surface area contributed by atoms with E-state index in [-0.39, 0.29) is 0 Å². The monoisotopic (exact) mass is 400 g/mol. The molecular weight excluding hydrogens is 364 g/mol. The van der Waals surface area contributed by atoms with Crippen molar-refractivity contribution in [2.45, 2.75) is 65.7 Å². The van der Waals surface area contributed by atoms with Crippen molar-refractivity contribution in [1.82, 2.24) is 14.9 Å². The molecule has 6 nitrogen and oxygen atoms in total. The van der Waals surface area contributed by atoms with Crippen molar-refractivity contribution in [1.29, 1.82) is 0 Å². The van der Waals surface area contributed by atoms with Crippen molar-refractivity contribution in [3.8, 4) is 0 Å². The lowest BCUT2D eigenvalue weighted by Crippen LogP contribution is -2.48. The molecule has 0 bridgehead atoms. The average Bonchev–Trinajstić information content (AvgIpc) is 2.71. The van der Waals surface area contributed by atoms with E-state index in [0.717, 1.165) is 23.5 Å². The minimum absolute atomic E-state index is 0.392. The summed E-state index contributed by atoms with van der Waals surface area (Å²) in [5.41, 5.74) is 0.835. The molecule has 0 aromatic carbocycles. The lowest BCUT2D eigenvalue weighted by Gasteiger charge is -2.55. The van der Waals surface area contributed by atoms with Crippen molar-refractivity contribution < 1.29 is 9.90 Å². The molecule has 29 heavy (non-hydrogen) atoms. The van der Waals surface area contributed by atoms with Gasteiger partial charge < -0.3 is 14.9 Å². The molecule has 1 N–H and O–H groups in total. The zero-order valence-corrected chi connectivity index (χ0v) is 18.4. The van der Waals surface area contributed by atoms with E-state index >= 15 is 0 Å². The van der Waals surface area contributed by atoms with Gasteiger partial charge in [-0.15, -0.1) is 0 Å². The summed E-state index contributed by atoms with van der Waals surface area (Å²) in [5, 5.41) is 9.16. The highest BCUT2D eigenvalue weighted by molar-refractivity contribution is 5.65. The van der Waals surface area contributed by atoms with Gasteiger partial charge in [0.15, 0.2) is 0 Å². The summed E-state index contributed by atoms with van der Waals surface area (Å²) < 4.78 is 0. The van der Waals surface area contributed by atoms with Gasteiger partial charge in [-0.1, -0.05) is 27.7 Å². The number of aromatic nitrogens is 2. The van der Waals surface area contributed by atoms with E-state index in [1.165, 1.54) is 37.0 Å². The maximum absolute atomic E-state index is 11.2. The van der Waals surface area contributed by atoms with E-state index < -0.39 is 6.09 Å². The Hall–Kier alpha value is -1.85. The number of hydrogen-bond donors (Lipinski definition) is 1. The van der Waals surface area contributed by atoms with Crippen molar-refractivity contribution in [3.05, 3.63) is 18.1 Å². The van der Waals surface area contributed by atoms with E-state index in [0.29, 0.717) is 42.9 Å². The number of nitrogens with zero attached hydrogens (tertiary/aromatic N) is 4. The van der Waals surface area contributed by atoms with Gasteiger partial charge in [-0.25, -0.2) is 14.8 Å². The highest BCUT2D eigenvalue weighted by atomic mass is 16.4. The van der Waals surface area contributed by atoms with Crippen molar-refractivity contribution in [2.75, 3.05) is 31.1 Å². The third-order valence-electron chi connectivity index (χ3n) is 8.17. The Labute approximate surface area is 174 Å². The second kappa shape index (κ2) is 7.44. The van der Waals surface area contributed by atoms with Crippen LogP contribution in [0.1, 0.15) is 71.5 Å². The number of carbonyl (C=O) groups is 1. The van der Waals surface area contributed by atoms with Gasteiger partial charge in [0, 0.05) is 38.3 Å². The summed E-state index contributed by atoms with van der Waals surface area (Å²) in [6, 6.07) is 1.97. The summed E-state index contributed by atoms with van der Waals surface area (Å²) >= 11 is 0. The van der Waals surface area contributed by atoms with Gasteiger partial charge >= 0.3 is 6.09 Å². The normalized spacial score (nSPS) is 31.2. The number of anilines is 1. The molecule has 4 rings (SSSR count). The minimum Gasteiger partial charge on any atom is -0.465 e. The standard InChI is InChI=1S/C23H36N4O2/c1-22(2)8-9-23(3,4)18-15-16(5-6-17(18)22)20-24-10-7-19(25-20)26-11-13-27(14-12-26)21(28)29/h7,10,16-18H,5-6,8-9,11-15H2,1-4H3,(H,28,29). The maximum Gasteiger partial charge on any atom is 0.407 e. The van der Waals surface area contributed by atoms with Crippen LogP contribution in [0.25, 0.3) is 0 Å². The van der Waals surface area contributed by atoms with E-state index in [4.69, 9.17) is 10.1 Å². The summed E-state index contributed by atoms with van der Waals surface area (Å²) in [5.74, 6) is 3.90. The van der Waals surface area contributed by atoms with Crippen LogP contribution >= 0.6 is 0 Å². The molecule has 1 saturated heterocycles. The zero-order valence-electron chi connectivity index (χ0n) is 18.4. The Kier molecular flexibility index (Phi) is 5.24. The molecule has 3 atom stereocenters. The third-order valence-corrected chi connectivity index (χ3v) is 8.17. The highest BCUT2D eigenvalue weighted by Crippen LogP contribution is 2.59. The Morgan fingerprint density at radius 2 is 1.69 bits per heavy atom. The first-order valence-electron chi connectivity index (χ1n) is 11.2. The van der Waals surface area contributed by atoms with Crippen LogP contribution < -0.4 is 4.90 Å². The third kappa shape index (κ3) is 3.95. The van der Waals surface area contributed by atoms with Gasteiger partial charge in [-0.2, -0.15) is 0 Å². The lowest BCUT2D eigenvalue weighted by atomic mass is 9.50. The maximum atomic E-state index is 11.2. The summed E-state index contributed by atoms with van der Waals surface area (Å²) in [6.45, 7) is 12.3. The molecule has 160 valence electrons. The molecule has 6 heteroatoms. The first-order valence-corrected chi connectivity index (χ1v) is 11.2. The first-order chi connectivity index (χ1) is 13.7. The molecule has 3 unspecified atom stereocenters. The van der Waals surface area contributed by atoms with Crippen LogP contribution in [0.15, 0.2) is 12.3 Å². The molecule has 2 saturated carbocycles. The van der Waals surface area contributed by atoms with Gasteiger partial charge in [-0.05, 0) is 60.8 Å². The predicted octanol–water partition coefficient (Wildman–Crippen LogP) is 4.62. The number of rotatable bonds is 2. The molecule has 0 spiro atoms. The quantitative estimate of drug-likeness (QED) is 0.784. The van der Waals surface area contributed by atoms with E-state index in [1.54, 1.807) is 0 Å². The largest absolute Gasteiger partial charge is 0.465 e. The fraction of sp³-hybridized carbons (Fsp3) is 0.783. The van der Waals surface area contributed by atoms with E-state index in [9.17, 15) is 4.79 Å². The molecule has 1 aromatic rings. The molecule has 1 aliphatic heterocycles. The number of fused-ring (bicyclic) bond motifs is 1. The number of carboxylic acid groups (broad SMARTS) is 1. The van der Waals surface area contributed by atoms with Crippen LogP contribution in [-0.4, -0.2) is 52.2 Å². The van der Waals surface area contributed by atoms with Crippen LogP contribution in [0, 0.1) is 22.7 Å². The van der Waals surface area contributed by atoms with Crippen LogP contribution in [0.4, 0.5) is 10.6 Å². The van der Waals surface area contributed by atoms with Crippen molar-refractivity contribution in [3.63, 3.8) is 0 Å². The Bertz CT molecular complexity index is 755. The predicted molar refractivity (Wildman–Crippen MR) is 114 cm³/mol. The van der Waals surface area contributed by atoms with Crippen LogP contribution in [-0.2, 0) is 0 Å². The van der Waals surface area contributed by atoms with E-state index in [2.05, 4.69) is 37.6 Å². The molecule has 3 fully saturated rings. The topological polar surface area (TPSA) is 69.6 Å². The van der Waals surface area contributed by atoms with Gasteiger partial charge in [0.1, 0.15) is 11.6 Å². The van der Waals surface area contributed by atoms with Gasteiger partial charge in [0.25, 0.3) is 0 Å².